The van der Waals surface area contributed by atoms with Crippen LogP contribution in [-0.4, -0.2) is 28.4 Å². The molecular formula is C105H88N4O4. The van der Waals surface area contributed by atoms with Crippen molar-refractivity contribution in [1.82, 2.24) is 0 Å². The van der Waals surface area contributed by atoms with Crippen LogP contribution in [0.4, 0.5) is 68.2 Å². The van der Waals surface area contributed by atoms with Crippen LogP contribution in [0.3, 0.4) is 0 Å². The molecule has 0 radical (unpaired) electrons. The van der Waals surface area contributed by atoms with E-state index in [2.05, 4.69) is 387 Å². The molecule has 0 heterocycles. The molecule has 16 rings (SSSR count). The van der Waals surface area contributed by atoms with Gasteiger partial charge >= 0.3 is 0 Å². The first-order valence-electron chi connectivity index (χ1n) is 38.3. The quantitative estimate of drug-likeness (QED) is 0.0555. The summed E-state index contributed by atoms with van der Waals surface area (Å²) in [6, 6.07) is 141. The maximum Gasteiger partial charge on any atom is 0.119 e. The predicted octanol–water partition coefficient (Wildman–Crippen LogP) is 27.9. The minimum absolute atomic E-state index is 0.794. The molecule has 0 aliphatic rings. The molecule has 0 saturated heterocycles. The molecule has 0 saturated carbocycles. The van der Waals surface area contributed by atoms with E-state index in [4.69, 9.17) is 18.9 Å². The summed E-state index contributed by atoms with van der Waals surface area (Å²) < 4.78 is 22.4. The minimum Gasteiger partial charge on any atom is -0.497 e. The van der Waals surface area contributed by atoms with Gasteiger partial charge in [-0.1, -0.05) is 216 Å². The van der Waals surface area contributed by atoms with E-state index in [0.717, 1.165) is 158 Å². The zero-order valence-electron chi connectivity index (χ0n) is 64.9. The number of benzene rings is 16. The minimum atomic E-state index is -0.852. The van der Waals surface area contributed by atoms with Crippen LogP contribution in [0.1, 0.15) is 44.5 Å². The monoisotopic (exact) mass is 1470 g/mol. The molecule has 0 spiro atoms. The Morgan fingerprint density at radius 3 is 0.398 bits per heavy atom. The van der Waals surface area contributed by atoms with Gasteiger partial charge in [0.25, 0.3) is 0 Å². The number of anilines is 12. The Morgan fingerprint density at radius 2 is 0.265 bits per heavy atom. The van der Waals surface area contributed by atoms with Crippen LogP contribution in [-0.2, 0) is 5.41 Å². The lowest BCUT2D eigenvalue weighted by atomic mass is 9.64. The third-order valence-corrected chi connectivity index (χ3v) is 21.6. The van der Waals surface area contributed by atoms with Crippen LogP contribution < -0.4 is 38.5 Å². The zero-order valence-corrected chi connectivity index (χ0v) is 64.9. The van der Waals surface area contributed by atoms with Crippen molar-refractivity contribution < 1.29 is 18.9 Å². The summed E-state index contributed by atoms with van der Waals surface area (Å²) in [7, 11) is 6.80. The number of ether oxygens (including phenoxy) is 4. The molecule has 8 heteroatoms. The maximum absolute atomic E-state index is 5.59. The number of hydrogen-bond donors (Lipinski definition) is 0. The number of aryl methyl sites for hydroxylation is 4. The van der Waals surface area contributed by atoms with Crippen LogP contribution >= 0.6 is 0 Å². The van der Waals surface area contributed by atoms with Gasteiger partial charge in [0.05, 0.1) is 33.9 Å². The van der Waals surface area contributed by atoms with Crippen molar-refractivity contribution in [2.24, 2.45) is 0 Å². The largest absolute Gasteiger partial charge is 0.497 e. The predicted molar refractivity (Wildman–Crippen MR) is 470 cm³/mol. The van der Waals surface area contributed by atoms with Crippen LogP contribution in [0, 0.1) is 27.7 Å². The van der Waals surface area contributed by atoms with Gasteiger partial charge in [0.1, 0.15) is 23.0 Å². The standard InChI is InChI=1S/C105H88N4O4/c1-73-9-41-89(42-10-73)106(90-43-11-74(2)12-44-90)93-49-25-81(26-50-93)77-17-33-85(34-18-77)105(86-35-19-78(20-36-86)82-27-51-94(52-28-82)107(91-45-13-75(3)14-46-91)97-57-65-101(110-5)66-58-97,87-37-21-79(22-38-87)83-29-53-95(54-30-83)108(92-47-15-76(4)16-48-92)98-59-67-102(111-6)68-60-98)88-39-23-80(24-40-88)84-31-55-96(56-32-84)109(99-61-69-103(112-7)70-62-99)100-63-71-104(113-8)72-64-100/h9-72H,1-8H3. The van der Waals surface area contributed by atoms with Gasteiger partial charge in [-0.05, 0) is 289 Å². The Balaban J connectivity index is 0.816. The van der Waals surface area contributed by atoms with Gasteiger partial charge < -0.3 is 38.5 Å². The number of methoxy groups -OCH3 is 4. The van der Waals surface area contributed by atoms with E-state index in [1.54, 1.807) is 28.4 Å². The lowest BCUT2D eigenvalue weighted by molar-refractivity contribution is 0.414. The third-order valence-electron chi connectivity index (χ3n) is 21.6. The van der Waals surface area contributed by atoms with Crippen LogP contribution in [0.5, 0.6) is 23.0 Å². The van der Waals surface area contributed by atoms with E-state index in [9.17, 15) is 0 Å². The summed E-state index contributed by atoms with van der Waals surface area (Å²) in [4.78, 5) is 9.16. The summed E-state index contributed by atoms with van der Waals surface area (Å²) in [5.74, 6) is 3.21. The normalized spacial score (nSPS) is 11.2. The van der Waals surface area contributed by atoms with Crippen LogP contribution in [0.15, 0.2) is 388 Å². The molecule has 0 fully saturated rings. The summed E-state index contributed by atoms with van der Waals surface area (Å²) in [6.45, 7) is 8.52. The van der Waals surface area contributed by atoms with E-state index in [1.165, 1.54) is 22.3 Å². The van der Waals surface area contributed by atoms with E-state index < -0.39 is 5.41 Å². The molecular weight excluding hydrogens is 1380 g/mol. The van der Waals surface area contributed by atoms with E-state index in [-0.39, 0.29) is 0 Å². The Kier molecular flexibility index (Phi) is 21.1. The van der Waals surface area contributed by atoms with Crippen molar-refractivity contribution >= 4 is 68.2 Å². The average Bonchev–Trinajstić information content (AvgIpc) is 0.726. The van der Waals surface area contributed by atoms with E-state index in [0.29, 0.717) is 0 Å². The van der Waals surface area contributed by atoms with Crippen molar-refractivity contribution in [3.63, 3.8) is 0 Å². The second kappa shape index (κ2) is 32.6. The molecule has 16 aromatic rings. The fraction of sp³-hybridized carbons (Fsp3) is 0.0857. The smallest absolute Gasteiger partial charge is 0.119 e. The van der Waals surface area contributed by atoms with Crippen molar-refractivity contribution in [2.45, 2.75) is 33.1 Å². The highest BCUT2D eigenvalue weighted by Crippen LogP contribution is 2.49. The first-order valence-corrected chi connectivity index (χ1v) is 38.3. The average molecular weight is 1470 g/mol. The molecule has 0 atom stereocenters. The lowest BCUT2D eigenvalue weighted by Gasteiger charge is -2.37. The SMILES string of the molecule is COc1ccc(N(c2ccc(C)cc2)c2ccc(-c3ccc(C(c4ccc(-c5ccc(N(c6ccc(C)cc6)c6ccc(C)cc6)cc5)cc4)(c4ccc(-c5ccc(N(c6ccc(C)cc6)c6ccc(OC)cc6)cc5)cc4)c4ccc(-c5ccc(N(c6ccc(OC)cc6)c6ccc(OC)cc6)cc5)cc4)cc3)cc2)cc1. The number of rotatable bonds is 24. The molecule has 0 amide bonds. The van der Waals surface area contributed by atoms with Crippen LogP contribution in [0.25, 0.3) is 44.5 Å². The topological polar surface area (TPSA) is 49.9 Å². The van der Waals surface area contributed by atoms with Gasteiger partial charge in [0, 0.05) is 68.2 Å². The molecule has 0 bridgehead atoms. The van der Waals surface area contributed by atoms with Crippen molar-refractivity contribution in [3.8, 4) is 67.5 Å². The summed E-state index contributed by atoms with van der Waals surface area (Å²) in [5.41, 5.74) is 29.9. The second-order valence-electron chi connectivity index (χ2n) is 28.7. The van der Waals surface area contributed by atoms with Crippen molar-refractivity contribution in [2.75, 3.05) is 48.0 Å². The zero-order chi connectivity index (χ0) is 77.4. The van der Waals surface area contributed by atoms with E-state index >= 15 is 0 Å². The molecule has 0 aromatic heterocycles. The van der Waals surface area contributed by atoms with Crippen LogP contribution in [0.2, 0.25) is 0 Å². The highest BCUT2D eigenvalue weighted by Gasteiger charge is 2.39. The number of nitrogens with zero attached hydrogens (tertiary/aromatic N) is 4. The maximum atomic E-state index is 5.59. The molecule has 8 nitrogen and oxygen atoms in total. The summed E-state index contributed by atoms with van der Waals surface area (Å²) in [6.07, 6.45) is 0. The molecule has 0 aliphatic carbocycles. The van der Waals surface area contributed by atoms with Gasteiger partial charge in [-0.25, -0.2) is 0 Å². The first-order chi connectivity index (χ1) is 55.4. The highest BCUT2D eigenvalue weighted by atomic mass is 16.5. The Hall–Kier alpha value is -14.1. The summed E-state index contributed by atoms with van der Waals surface area (Å²) >= 11 is 0. The molecule has 113 heavy (non-hydrogen) atoms. The molecule has 16 aromatic carbocycles. The van der Waals surface area contributed by atoms with Gasteiger partial charge in [-0.3, -0.25) is 0 Å². The lowest BCUT2D eigenvalue weighted by Crippen LogP contribution is -2.31. The van der Waals surface area contributed by atoms with Gasteiger partial charge in [0.2, 0.25) is 0 Å². The summed E-state index contributed by atoms with van der Waals surface area (Å²) in [5, 5.41) is 0. The fourth-order valence-corrected chi connectivity index (χ4v) is 15.4. The molecule has 0 aliphatic heterocycles. The van der Waals surface area contributed by atoms with E-state index in [1.807, 2.05) is 48.5 Å². The van der Waals surface area contributed by atoms with Gasteiger partial charge in [-0.2, -0.15) is 0 Å². The Labute approximate surface area is 664 Å². The highest BCUT2D eigenvalue weighted by molar-refractivity contribution is 5.84. The molecule has 552 valence electrons. The first kappa shape index (κ1) is 73.1. The fourth-order valence-electron chi connectivity index (χ4n) is 15.4. The Bertz CT molecular complexity index is 5540. The van der Waals surface area contributed by atoms with Crippen molar-refractivity contribution in [3.05, 3.63) is 433 Å². The second-order valence-corrected chi connectivity index (χ2v) is 28.7. The van der Waals surface area contributed by atoms with Gasteiger partial charge in [-0.15, -0.1) is 0 Å². The molecule has 0 unspecified atom stereocenters. The van der Waals surface area contributed by atoms with Crippen molar-refractivity contribution in [1.29, 1.82) is 0 Å². The molecule has 0 N–H and O–H groups in total. The Morgan fingerprint density at radius 1 is 0.150 bits per heavy atom. The third kappa shape index (κ3) is 15.4. The van der Waals surface area contributed by atoms with Gasteiger partial charge in [0.15, 0.2) is 0 Å². The number of hydrogen-bond acceptors (Lipinski definition) is 8.